The van der Waals surface area contributed by atoms with E-state index >= 15 is 0 Å². The predicted octanol–water partition coefficient (Wildman–Crippen LogP) is 3.02. The molecule has 1 aromatic rings. The van der Waals surface area contributed by atoms with E-state index in [1.165, 1.54) is 5.56 Å². The minimum atomic E-state index is -0.455. The van der Waals surface area contributed by atoms with Crippen LogP contribution in [0.2, 0.25) is 0 Å². The van der Waals surface area contributed by atoms with Gasteiger partial charge in [-0.2, -0.15) is 0 Å². The van der Waals surface area contributed by atoms with Crippen molar-refractivity contribution in [2.75, 3.05) is 13.1 Å². The fourth-order valence-corrected chi connectivity index (χ4v) is 2.65. The summed E-state index contributed by atoms with van der Waals surface area (Å²) in [7, 11) is 0. The maximum Gasteiger partial charge on any atom is 0.321 e. The van der Waals surface area contributed by atoms with Crippen LogP contribution in [0.25, 0.3) is 0 Å². The van der Waals surface area contributed by atoms with Crippen molar-refractivity contribution in [3.8, 4) is 0 Å². The molecule has 134 valence electrons. The number of nitrogens with one attached hydrogen (secondary N) is 3. The summed E-state index contributed by atoms with van der Waals surface area (Å²) in [5, 5.41) is 8.10. The quantitative estimate of drug-likeness (QED) is 0.685. The van der Waals surface area contributed by atoms with Gasteiger partial charge in [-0.15, -0.1) is 0 Å². The van der Waals surface area contributed by atoms with Crippen molar-refractivity contribution >= 4 is 11.9 Å². The molecule has 0 heterocycles. The Kier molecular flexibility index (Phi) is 8.47. The summed E-state index contributed by atoms with van der Waals surface area (Å²) >= 11 is 0. The van der Waals surface area contributed by atoms with Gasteiger partial charge in [-0.05, 0) is 36.3 Å². The Hall–Kier alpha value is -1.88. The number of benzene rings is 1. The third-order valence-corrected chi connectivity index (χ3v) is 3.72. The third kappa shape index (κ3) is 7.13. The van der Waals surface area contributed by atoms with E-state index in [1.54, 1.807) is 6.92 Å². The zero-order valence-electron chi connectivity index (χ0n) is 15.5. The molecule has 0 aliphatic heterocycles. The van der Waals surface area contributed by atoms with E-state index in [1.807, 2.05) is 0 Å². The van der Waals surface area contributed by atoms with Crippen molar-refractivity contribution in [1.29, 1.82) is 0 Å². The first kappa shape index (κ1) is 20.2. The summed E-state index contributed by atoms with van der Waals surface area (Å²) in [6.45, 7) is 11.0. The van der Waals surface area contributed by atoms with Crippen LogP contribution < -0.4 is 16.0 Å². The second-order valence-corrected chi connectivity index (χ2v) is 6.85. The van der Waals surface area contributed by atoms with E-state index in [0.717, 1.165) is 12.0 Å². The van der Waals surface area contributed by atoms with Crippen LogP contribution in [-0.2, 0) is 11.2 Å². The van der Waals surface area contributed by atoms with Crippen LogP contribution in [0.15, 0.2) is 24.3 Å². The maximum absolute atomic E-state index is 11.8. The van der Waals surface area contributed by atoms with Crippen LogP contribution >= 0.6 is 0 Å². The van der Waals surface area contributed by atoms with Crippen molar-refractivity contribution in [1.82, 2.24) is 16.0 Å². The highest BCUT2D eigenvalue weighted by molar-refractivity contribution is 5.95. The lowest BCUT2D eigenvalue weighted by Gasteiger charge is -2.23. The lowest BCUT2D eigenvalue weighted by molar-refractivity contribution is -0.119. The summed E-state index contributed by atoms with van der Waals surface area (Å²) in [6, 6.07) is 8.16. The van der Waals surface area contributed by atoms with Gasteiger partial charge in [0.15, 0.2) is 0 Å². The molecule has 1 rings (SSSR count). The molecule has 0 aliphatic rings. The number of rotatable bonds is 8. The molecule has 3 amide bonds. The van der Waals surface area contributed by atoms with Crippen molar-refractivity contribution in [2.24, 2.45) is 11.8 Å². The van der Waals surface area contributed by atoms with Gasteiger partial charge in [-0.3, -0.25) is 10.1 Å². The summed E-state index contributed by atoms with van der Waals surface area (Å²) in [6.07, 6.45) is 1.06. The van der Waals surface area contributed by atoms with Gasteiger partial charge in [0, 0.05) is 12.6 Å². The summed E-state index contributed by atoms with van der Waals surface area (Å²) < 4.78 is 0. The number of imide groups is 1. The molecule has 0 saturated carbocycles. The van der Waals surface area contributed by atoms with Crippen molar-refractivity contribution in [3.63, 3.8) is 0 Å². The first-order valence-electron chi connectivity index (χ1n) is 8.73. The van der Waals surface area contributed by atoms with Crippen molar-refractivity contribution in [3.05, 3.63) is 35.4 Å². The first-order chi connectivity index (χ1) is 11.3. The van der Waals surface area contributed by atoms with Gasteiger partial charge in [0.1, 0.15) is 0 Å². The van der Waals surface area contributed by atoms with Gasteiger partial charge < -0.3 is 10.6 Å². The molecule has 1 aromatic carbocycles. The molecule has 0 bridgehead atoms. The van der Waals surface area contributed by atoms with Crippen molar-refractivity contribution in [2.45, 2.75) is 47.1 Å². The molecule has 0 fully saturated rings. The molecular weight excluding hydrogens is 302 g/mol. The molecule has 1 atom stereocenters. The summed E-state index contributed by atoms with van der Waals surface area (Å²) in [5.41, 5.74) is 2.48. The molecule has 0 aromatic heterocycles. The molecule has 24 heavy (non-hydrogen) atoms. The van der Waals surface area contributed by atoms with Crippen molar-refractivity contribution < 1.29 is 9.59 Å². The van der Waals surface area contributed by atoms with Gasteiger partial charge >= 0.3 is 6.03 Å². The fourth-order valence-electron chi connectivity index (χ4n) is 2.65. The van der Waals surface area contributed by atoms with Crippen LogP contribution in [0, 0.1) is 11.8 Å². The molecule has 0 saturated heterocycles. The summed E-state index contributed by atoms with van der Waals surface area (Å²) in [5.74, 6) is 0.633. The maximum atomic E-state index is 11.8. The number of urea groups is 1. The zero-order chi connectivity index (χ0) is 18.1. The van der Waals surface area contributed by atoms with E-state index in [-0.39, 0.29) is 18.5 Å². The Balaban J connectivity index is 2.64. The number of carbonyl (C=O) groups is 2. The number of carbonyl (C=O) groups excluding carboxylic acids is 2. The molecule has 0 unspecified atom stereocenters. The predicted molar refractivity (Wildman–Crippen MR) is 97.8 cm³/mol. The Morgan fingerprint density at radius 1 is 1.04 bits per heavy atom. The van der Waals surface area contributed by atoms with E-state index < -0.39 is 6.03 Å². The second kappa shape index (κ2) is 10.1. The van der Waals surface area contributed by atoms with Crippen LogP contribution in [0.5, 0.6) is 0 Å². The Bertz CT molecular complexity index is 524. The Morgan fingerprint density at radius 2 is 1.67 bits per heavy atom. The average molecular weight is 333 g/mol. The minimum Gasteiger partial charge on any atom is -0.338 e. The van der Waals surface area contributed by atoms with E-state index in [9.17, 15) is 9.59 Å². The highest BCUT2D eigenvalue weighted by Gasteiger charge is 2.17. The molecule has 5 nitrogen and oxygen atoms in total. The van der Waals surface area contributed by atoms with Gasteiger partial charge in [0.25, 0.3) is 0 Å². The largest absolute Gasteiger partial charge is 0.338 e. The normalized spacial score (nSPS) is 12.3. The molecule has 0 radical (unpaired) electrons. The van der Waals surface area contributed by atoms with Crippen LogP contribution in [0.3, 0.4) is 0 Å². The van der Waals surface area contributed by atoms with E-state index in [2.05, 4.69) is 67.9 Å². The molecule has 0 aliphatic carbocycles. The summed E-state index contributed by atoms with van der Waals surface area (Å²) in [4.78, 5) is 23.2. The third-order valence-electron chi connectivity index (χ3n) is 3.72. The number of amides is 3. The monoisotopic (exact) mass is 333 g/mol. The highest BCUT2D eigenvalue weighted by Crippen LogP contribution is 2.22. The van der Waals surface area contributed by atoms with Crippen LogP contribution in [0.4, 0.5) is 4.79 Å². The second-order valence-electron chi connectivity index (χ2n) is 6.85. The molecule has 0 spiro atoms. The zero-order valence-corrected chi connectivity index (χ0v) is 15.5. The van der Waals surface area contributed by atoms with Gasteiger partial charge in [-0.1, -0.05) is 52.0 Å². The molecule has 3 N–H and O–H groups in total. The van der Waals surface area contributed by atoms with Gasteiger partial charge in [0.05, 0.1) is 6.54 Å². The minimum absolute atomic E-state index is 0.0677. The Labute approximate surface area is 145 Å². The number of hydrogen-bond donors (Lipinski definition) is 3. The highest BCUT2D eigenvalue weighted by atomic mass is 16.2. The Morgan fingerprint density at radius 3 is 2.17 bits per heavy atom. The lowest BCUT2D eigenvalue weighted by Crippen LogP contribution is -2.44. The molecular formula is C19H31N3O2. The smallest absolute Gasteiger partial charge is 0.321 e. The van der Waals surface area contributed by atoms with Crippen LogP contribution in [0.1, 0.15) is 51.8 Å². The van der Waals surface area contributed by atoms with Gasteiger partial charge in [0.2, 0.25) is 5.91 Å². The average Bonchev–Trinajstić information content (AvgIpc) is 2.48. The van der Waals surface area contributed by atoms with E-state index in [0.29, 0.717) is 18.4 Å². The first-order valence-corrected chi connectivity index (χ1v) is 8.73. The SMILES string of the molecule is CCNC(=O)NC(=O)CN[C@H](c1ccc(CC(C)C)cc1)C(C)C. The fraction of sp³-hybridized carbons (Fsp3) is 0.579. The molecule has 5 heteroatoms. The lowest BCUT2D eigenvalue weighted by atomic mass is 9.94. The van der Waals surface area contributed by atoms with Gasteiger partial charge in [-0.25, -0.2) is 4.79 Å². The van der Waals surface area contributed by atoms with Crippen LogP contribution in [-0.4, -0.2) is 25.0 Å². The standard InChI is InChI=1S/C19H31N3O2/c1-6-20-19(24)22-17(23)12-21-18(14(4)5)16-9-7-15(8-10-16)11-13(2)3/h7-10,13-14,18,21H,6,11-12H2,1-5H3,(H2,20,22,23,24)/t18-/m0/s1. The van der Waals surface area contributed by atoms with E-state index in [4.69, 9.17) is 0 Å². The topological polar surface area (TPSA) is 70.2 Å². The number of hydrogen-bond acceptors (Lipinski definition) is 3.